The zero-order chi connectivity index (χ0) is 17.3. The van der Waals surface area contributed by atoms with Gasteiger partial charge in [-0.2, -0.15) is 0 Å². The van der Waals surface area contributed by atoms with Crippen LogP contribution in [0.2, 0.25) is 0 Å². The van der Waals surface area contributed by atoms with Gasteiger partial charge in [-0.3, -0.25) is 18.7 Å². The van der Waals surface area contributed by atoms with Crippen molar-refractivity contribution in [3.05, 3.63) is 56.5 Å². The Morgan fingerprint density at radius 1 is 1.17 bits per heavy atom. The van der Waals surface area contributed by atoms with E-state index in [0.29, 0.717) is 4.90 Å². The van der Waals surface area contributed by atoms with Crippen molar-refractivity contribution in [1.29, 1.82) is 0 Å². The lowest BCUT2D eigenvalue weighted by molar-refractivity contribution is 0.0992. The number of carbonyl (C=O) groups is 1. The highest BCUT2D eigenvalue weighted by Gasteiger charge is 2.25. The van der Waals surface area contributed by atoms with E-state index < -0.39 is 22.3 Å². The van der Waals surface area contributed by atoms with Crippen LogP contribution in [-0.2, 0) is 14.1 Å². The molecule has 23 heavy (non-hydrogen) atoms. The maximum atomic E-state index is 12.9. The van der Waals surface area contributed by atoms with Crippen LogP contribution in [0.25, 0.3) is 0 Å². The lowest BCUT2D eigenvalue weighted by Gasteiger charge is -2.14. The summed E-state index contributed by atoms with van der Waals surface area (Å²) in [5.74, 6) is -1.01. The quantitative estimate of drug-likeness (QED) is 0.668. The molecule has 1 atom stereocenters. The molecule has 0 aliphatic rings. The zero-order valence-corrected chi connectivity index (χ0v) is 13.7. The van der Waals surface area contributed by atoms with Gasteiger partial charge in [0.1, 0.15) is 17.2 Å². The second kappa shape index (κ2) is 6.41. The summed E-state index contributed by atoms with van der Waals surface area (Å²) in [6.07, 6.45) is 0. The zero-order valence-electron chi connectivity index (χ0n) is 12.9. The highest BCUT2D eigenvalue weighted by molar-refractivity contribution is 8.00. The smallest absolute Gasteiger partial charge is 0.332 e. The molecule has 2 N–H and O–H groups in total. The Morgan fingerprint density at radius 3 is 2.30 bits per heavy atom. The number of nitrogens with zero attached hydrogens (tertiary/aromatic N) is 2. The lowest BCUT2D eigenvalue weighted by atomic mass is 10.1. The van der Waals surface area contributed by atoms with Crippen LogP contribution in [-0.4, -0.2) is 20.2 Å². The van der Waals surface area contributed by atoms with E-state index >= 15 is 0 Å². The highest BCUT2D eigenvalue weighted by atomic mass is 32.2. The number of nitrogen functional groups attached to an aromatic ring is 1. The first-order valence-corrected chi connectivity index (χ1v) is 7.64. The normalized spacial score (nSPS) is 12.2. The summed E-state index contributed by atoms with van der Waals surface area (Å²) in [7, 11) is 2.68. The molecule has 0 unspecified atom stereocenters. The molecule has 0 spiro atoms. The van der Waals surface area contributed by atoms with Crippen LogP contribution in [0, 0.1) is 5.82 Å². The van der Waals surface area contributed by atoms with Crippen LogP contribution in [0.1, 0.15) is 17.3 Å². The molecule has 1 aromatic heterocycles. The standard InChI is InChI=1S/C15H16FN3O3S/c1-8(23-10-6-4-9(16)5-7-10)12(20)11-13(17)18(2)15(22)19(3)14(11)21/h4-8H,17H2,1-3H3/t8-/m0/s1. The van der Waals surface area contributed by atoms with Gasteiger partial charge in [-0.05, 0) is 31.2 Å². The van der Waals surface area contributed by atoms with Crippen molar-refractivity contribution >= 4 is 23.4 Å². The molecule has 2 aromatic rings. The third kappa shape index (κ3) is 3.21. The molecule has 0 fully saturated rings. The molecule has 0 amide bonds. The Balaban J connectivity index is 2.39. The van der Waals surface area contributed by atoms with Gasteiger partial charge in [-0.1, -0.05) is 0 Å². The maximum absolute atomic E-state index is 12.9. The Bertz CT molecular complexity index is 871. The van der Waals surface area contributed by atoms with Gasteiger partial charge in [0.15, 0.2) is 5.78 Å². The topological polar surface area (TPSA) is 87.1 Å². The van der Waals surface area contributed by atoms with Gasteiger partial charge in [0, 0.05) is 19.0 Å². The Labute approximate surface area is 135 Å². The van der Waals surface area contributed by atoms with Crippen LogP contribution in [0.5, 0.6) is 0 Å². The molecule has 2 rings (SSSR count). The molecule has 0 saturated carbocycles. The molecule has 1 aromatic carbocycles. The number of rotatable bonds is 4. The summed E-state index contributed by atoms with van der Waals surface area (Å²) in [5.41, 5.74) is 4.25. The SMILES string of the molecule is C[C@H](Sc1ccc(F)cc1)C(=O)c1c(N)n(C)c(=O)n(C)c1=O. The minimum Gasteiger partial charge on any atom is -0.384 e. The molecule has 6 nitrogen and oxygen atoms in total. The number of benzene rings is 1. The van der Waals surface area contributed by atoms with Crippen molar-refractivity contribution in [3.8, 4) is 0 Å². The van der Waals surface area contributed by atoms with Crippen molar-refractivity contribution in [2.75, 3.05) is 5.73 Å². The number of anilines is 1. The minimum atomic E-state index is -0.720. The van der Waals surface area contributed by atoms with Gasteiger partial charge in [-0.15, -0.1) is 11.8 Å². The van der Waals surface area contributed by atoms with Crippen molar-refractivity contribution in [3.63, 3.8) is 0 Å². The Morgan fingerprint density at radius 2 is 1.74 bits per heavy atom. The van der Waals surface area contributed by atoms with Gasteiger partial charge in [0.05, 0.1) is 5.25 Å². The van der Waals surface area contributed by atoms with Crippen molar-refractivity contribution < 1.29 is 9.18 Å². The number of ketones is 1. The summed E-state index contributed by atoms with van der Waals surface area (Å²) in [5, 5.41) is -0.618. The molecular formula is C15H16FN3O3S. The van der Waals surface area contributed by atoms with Crippen LogP contribution in [0.3, 0.4) is 0 Å². The first kappa shape index (κ1) is 17.0. The van der Waals surface area contributed by atoms with Gasteiger partial charge >= 0.3 is 5.69 Å². The molecule has 8 heteroatoms. The first-order chi connectivity index (χ1) is 10.7. The summed E-state index contributed by atoms with van der Waals surface area (Å²) < 4.78 is 14.8. The molecule has 1 heterocycles. The molecule has 0 radical (unpaired) electrons. The maximum Gasteiger partial charge on any atom is 0.332 e. The van der Waals surface area contributed by atoms with E-state index in [1.54, 1.807) is 19.1 Å². The number of halogens is 1. The van der Waals surface area contributed by atoms with Crippen molar-refractivity contribution in [2.24, 2.45) is 14.1 Å². The molecule has 0 aliphatic heterocycles. The minimum absolute atomic E-state index is 0.158. The second-order valence-corrected chi connectivity index (χ2v) is 6.46. The number of aromatic nitrogens is 2. The fraction of sp³-hybridized carbons (Fsp3) is 0.267. The Hall–Kier alpha value is -2.35. The largest absolute Gasteiger partial charge is 0.384 e. The van der Waals surface area contributed by atoms with Crippen LogP contribution >= 0.6 is 11.8 Å². The third-order valence-electron chi connectivity index (χ3n) is 3.45. The van der Waals surface area contributed by atoms with Crippen LogP contribution in [0.15, 0.2) is 38.8 Å². The second-order valence-electron chi connectivity index (χ2n) is 5.04. The van der Waals surface area contributed by atoms with Crippen LogP contribution < -0.4 is 17.0 Å². The average molecular weight is 337 g/mol. The molecule has 122 valence electrons. The van der Waals surface area contributed by atoms with E-state index in [9.17, 15) is 18.8 Å². The van der Waals surface area contributed by atoms with Crippen molar-refractivity contribution in [1.82, 2.24) is 9.13 Å². The summed E-state index contributed by atoms with van der Waals surface area (Å²) in [6, 6.07) is 5.68. The van der Waals surface area contributed by atoms with E-state index in [1.165, 1.54) is 38.0 Å². The molecular weight excluding hydrogens is 321 g/mol. The van der Waals surface area contributed by atoms with Gasteiger partial charge in [0.2, 0.25) is 0 Å². The average Bonchev–Trinajstić information content (AvgIpc) is 2.53. The predicted octanol–water partition coefficient (Wildman–Crippen LogP) is 1.17. The summed E-state index contributed by atoms with van der Waals surface area (Å²) in [4.78, 5) is 37.2. The fourth-order valence-corrected chi connectivity index (χ4v) is 2.99. The van der Waals surface area contributed by atoms with E-state index in [4.69, 9.17) is 5.73 Å². The number of thioether (sulfide) groups is 1. The van der Waals surface area contributed by atoms with E-state index in [2.05, 4.69) is 0 Å². The number of hydrogen-bond donors (Lipinski definition) is 1. The van der Waals surface area contributed by atoms with Crippen molar-refractivity contribution in [2.45, 2.75) is 17.1 Å². The van der Waals surface area contributed by atoms with E-state index in [-0.39, 0.29) is 17.2 Å². The monoisotopic (exact) mass is 337 g/mol. The van der Waals surface area contributed by atoms with E-state index in [0.717, 1.165) is 9.13 Å². The lowest BCUT2D eigenvalue weighted by Crippen LogP contribution is -2.42. The highest BCUT2D eigenvalue weighted by Crippen LogP contribution is 2.26. The number of nitrogens with two attached hydrogens (primary N) is 1. The number of hydrogen-bond acceptors (Lipinski definition) is 5. The Kier molecular flexibility index (Phi) is 4.74. The van der Waals surface area contributed by atoms with Gasteiger partial charge < -0.3 is 5.73 Å². The number of Topliss-reactive ketones (excluding diaryl/α,β-unsaturated/α-hetero) is 1. The first-order valence-electron chi connectivity index (χ1n) is 6.76. The molecule has 0 bridgehead atoms. The molecule has 0 aliphatic carbocycles. The summed E-state index contributed by atoms with van der Waals surface area (Å²) >= 11 is 1.18. The molecule has 0 saturated heterocycles. The van der Waals surface area contributed by atoms with E-state index in [1.807, 2.05) is 0 Å². The van der Waals surface area contributed by atoms with Gasteiger partial charge in [-0.25, -0.2) is 9.18 Å². The fourth-order valence-electron chi connectivity index (χ4n) is 2.07. The summed E-state index contributed by atoms with van der Waals surface area (Å²) in [6.45, 7) is 1.63. The predicted molar refractivity (Wildman–Crippen MR) is 87.4 cm³/mol. The van der Waals surface area contributed by atoms with Gasteiger partial charge in [0.25, 0.3) is 5.56 Å². The van der Waals surface area contributed by atoms with Crippen LogP contribution in [0.4, 0.5) is 10.2 Å². The third-order valence-corrected chi connectivity index (χ3v) is 4.56. The number of carbonyl (C=O) groups excluding carboxylic acids is 1.